The van der Waals surface area contributed by atoms with Gasteiger partial charge in [-0.1, -0.05) is 70.6 Å². The third-order valence-corrected chi connectivity index (χ3v) is 4.93. The predicted octanol–water partition coefficient (Wildman–Crippen LogP) is 5.82. The summed E-state index contributed by atoms with van der Waals surface area (Å²) in [5, 5.41) is 1.19. The number of hydrogen-bond acceptors (Lipinski definition) is 2. The molecule has 0 radical (unpaired) electrons. The van der Waals surface area contributed by atoms with E-state index in [1.807, 2.05) is 6.07 Å². The van der Waals surface area contributed by atoms with Gasteiger partial charge in [0.1, 0.15) is 0 Å². The Bertz CT molecular complexity index is 315. The molecule has 3 heteroatoms. The van der Waals surface area contributed by atoms with Crippen molar-refractivity contribution >= 4 is 13.7 Å². The first-order chi connectivity index (χ1) is 10.4. The minimum Gasteiger partial charge on any atom is -0.331 e. The Morgan fingerprint density at radius 1 is 0.714 bits per heavy atom. The lowest BCUT2D eigenvalue weighted by Gasteiger charge is -2.17. The van der Waals surface area contributed by atoms with Crippen LogP contribution >= 0.6 is 8.38 Å². The first-order valence-electron chi connectivity index (χ1n) is 8.49. The van der Waals surface area contributed by atoms with E-state index in [2.05, 4.69) is 38.1 Å². The summed E-state index contributed by atoms with van der Waals surface area (Å²) in [7, 11) is -0.898. The third kappa shape index (κ3) is 9.24. The third-order valence-electron chi connectivity index (χ3n) is 3.38. The summed E-state index contributed by atoms with van der Waals surface area (Å²) in [6, 6.07) is 10.4. The second-order valence-corrected chi connectivity index (χ2v) is 6.93. The Morgan fingerprint density at radius 2 is 1.24 bits per heavy atom. The first kappa shape index (κ1) is 18.6. The average Bonchev–Trinajstić information content (AvgIpc) is 2.53. The van der Waals surface area contributed by atoms with Gasteiger partial charge in [0, 0.05) is 5.30 Å². The number of rotatable bonds is 13. The predicted molar refractivity (Wildman–Crippen MR) is 93.2 cm³/mol. The zero-order chi connectivity index (χ0) is 15.2. The molecule has 0 aliphatic heterocycles. The van der Waals surface area contributed by atoms with E-state index < -0.39 is 8.38 Å². The summed E-state index contributed by atoms with van der Waals surface area (Å²) >= 11 is 0. The van der Waals surface area contributed by atoms with Crippen LogP contribution in [-0.2, 0) is 9.05 Å². The fraction of sp³-hybridized carbons (Fsp3) is 0.667. The van der Waals surface area contributed by atoms with Crippen molar-refractivity contribution in [3.8, 4) is 0 Å². The highest BCUT2D eigenvalue weighted by molar-refractivity contribution is 7.56. The van der Waals surface area contributed by atoms with Crippen LogP contribution in [0.25, 0.3) is 0 Å². The molecule has 0 heterocycles. The fourth-order valence-corrected chi connectivity index (χ4v) is 3.47. The molecule has 1 aromatic rings. The minimum atomic E-state index is -0.898. The van der Waals surface area contributed by atoms with E-state index in [-0.39, 0.29) is 0 Å². The molecule has 0 saturated carbocycles. The van der Waals surface area contributed by atoms with E-state index >= 15 is 0 Å². The second-order valence-electron chi connectivity index (χ2n) is 5.38. The molecule has 0 aliphatic carbocycles. The van der Waals surface area contributed by atoms with Crippen LogP contribution in [-0.4, -0.2) is 13.2 Å². The number of benzene rings is 1. The van der Waals surface area contributed by atoms with Gasteiger partial charge in [0.25, 0.3) is 0 Å². The molecule has 120 valence electrons. The maximum atomic E-state index is 6.02. The lowest BCUT2D eigenvalue weighted by atomic mass is 10.2. The molecule has 1 aromatic carbocycles. The molecule has 0 spiro atoms. The quantitative estimate of drug-likeness (QED) is 0.338. The van der Waals surface area contributed by atoms with Crippen molar-refractivity contribution in [3.63, 3.8) is 0 Å². The summed E-state index contributed by atoms with van der Waals surface area (Å²) in [6.07, 6.45) is 9.91. The minimum absolute atomic E-state index is 0.815. The van der Waals surface area contributed by atoms with Gasteiger partial charge in [-0.2, -0.15) is 0 Å². The van der Waals surface area contributed by atoms with Gasteiger partial charge in [-0.3, -0.25) is 0 Å². The summed E-state index contributed by atoms with van der Waals surface area (Å²) in [4.78, 5) is 0. The van der Waals surface area contributed by atoms with Crippen molar-refractivity contribution in [2.45, 2.75) is 65.2 Å². The van der Waals surface area contributed by atoms with Crippen molar-refractivity contribution in [3.05, 3.63) is 30.3 Å². The molecular weight excluding hydrogens is 279 g/mol. The Kier molecular flexibility index (Phi) is 11.7. The number of hydrogen-bond donors (Lipinski definition) is 0. The molecular formula is C18H31O2P. The summed E-state index contributed by atoms with van der Waals surface area (Å²) in [6.45, 7) is 6.10. The van der Waals surface area contributed by atoms with Crippen LogP contribution in [0.2, 0.25) is 0 Å². The van der Waals surface area contributed by atoms with Crippen molar-refractivity contribution < 1.29 is 9.05 Å². The van der Waals surface area contributed by atoms with Gasteiger partial charge in [0.15, 0.2) is 0 Å². The van der Waals surface area contributed by atoms with E-state index in [4.69, 9.17) is 9.05 Å². The maximum Gasteiger partial charge on any atom is 0.205 e. The molecule has 0 amide bonds. The zero-order valence-electron chi connectivity index (χ0n) is 13.7. The topological polar surface area (TPSA) is 18.5 Å². The van der Waals surface area contributed by atoms with Crippen LogP contribution in [0.3, 0.4) is 0 Å². The van der Waals surface area contributed by atoms with Crippen LogP contribution in [0.5, 0.6) is 0 Å². The van der Waals surface area contributed by atoms with Gasteiger partial charge in [-0.25, -0.2) is 0 Å². The van der Waals surface area contributed by atoms with Crippen molar-refractivity contribution in [1.29, 1.82) is 0 Å². The summed E-state index contributed by atoms with van der Waals surface area (Å²) in [5.74, 6) is 0. The second kappa shape index (κ2) is 13.2. The van der Waals surface area contributed by atoms with Gasteiger partial charge in [-0.05, 0) is 25.0 Å². The number of unbranched alkanes of at least 4 members (excludes halogenated alkanes) is 6. The molecule has 21 heavy (non-hydrogen) atoms. The molecule has 0 aromatic heterocycles. The fourth-order valence-electron chi connectivity index (χ4n) is 2.09. The average molecular weight is 310 g/mol. The maximum absolute atomic E-state index is 6.02. The normalized spacial score (nSPS) is 11.2. The monoisotopic (exact) mass is 310 g/mol. The Labute approximate surface area is 132 Å². The lowest BCUT2D eigenvalue weighted by molar-refractivity contribution is 0.247. The lowest BCUT2D eigenvalue weighted by Crippen LogP contribution is -2.07. The highest BCUT2D eigenvalue weighted by Gasteiger charge is 2.13. The van der Waals surface area contributed by atoms with Crippen LogP contribution in [0.15, 0.2) is 30.3 Å². The first-order valence-corrected chi connectivity index (χ1v) is 9.67. The Morgan fingerprint density at radius 3 is 1.71 bits per heavy atom. The van der Waals surface area contributed by atoms with E-state index in [0.29, 0.717) is 0 Å². The molecule has 0 N–H and O–H groups in total. The Balaban J connectivity index is 2.32. The standard InChI is InChI=1S/C18H31O2P/c1-3-5-7-12-16-19-21(18-14-10-9-11-15-18)20-17-13-8-6-4-2/h9-11,14-15H,3-8,12-13,16-17H2,1-2H3. The molecule has 0 fully saturated rings. The molecule has 0 saturated heterocycles. The molecule has 0 bridgehead atoms. The highest BCUT2D eigenvalue weighted by Crippen LogP contribution is 2.37. The van der Waals surface area contributed by atoms with Gasteiger partial charge >= 0.3 is 0 Å². The molecule has 1 rings (SSSR count). The molecule has 0 aliphatic rings. The van der Waals surface area contributed by atoms with Crippen LogP contribution < -0.4 is 5.30 Å². The van der Waals surface area contributed by atoms with E-state index in [1.165, 1.54) is 43.8 Å². The van der Waals surface area contributed by atoms with Crippen LogP contribution in [0, 0.1) is 0 Å². The van der Waals surface area contributed by atoms with Crippen LogP contribution in [0.4, 0.5) is 0 Å². The van der Waals surface area contributed by atoms with E-state index in [1.54, 1.807) is 0 Å². The van der Waals surface area contributed by atoms with Crippen molar-refractivity contribution in [2.24, 2.45) is 0 Å². The Hall–Kier alpha value is -0.430. The molecule has 0 atom stereocenters. The van der Waals surface area contributed by atoms with Gasteiger partial charge in [0.05, 0.1) is 13.2 Å². The summed E-state index contributed by atoms with van der Waals surface area (Å²) in [5.41, 5.74) is 0. The van der Waals surface area contributed by atoms with Gasteiger partial charge in [0.2, 0.25) is 8.38 Å². The van der Waals surface area contributed by atoms with Crippen molar-refractivity contribution in [1.82, 2.24) is 0 Å². The zero-order valence-corrected chi connectivity index (χ0v) is 14.6. The molecule has 0 unspecified atom stereocenters. The smallest absolute Gasteiger partial charge is 0.205 e. The van der Waals surface area contributed by atoms with Crippen LogP contribution in [0.1, 0.15) is 65.2 Å². The van der Waals surface area contributed by atoms with Crippen molar-refractivity contribution in [2.75, 3.05) is 13.2 Å². The largest absolute Gasteiger partial charge is 0.331 e. The SMILES string of the molecule is CCCCCCOP(OCCCCCC)c1ccccc1. The van der Waals surface area contributed by atoms with Gasteiger partial charge in [-0.15, -0.1) is 0 Å². The highest BCUT2D eigenvalue weighted by atomic mass is 31.2. The molecule has 2 nitrogen and oxygen atoms in total. The van der Waals surface area contributed by atoms with E-state index in [9.17, 15) is 0 Å². The van der Waals surface area contributed by atoms with E-state index in [0.717, 1.165) is 26.1 Å². The summed E-state index contributed by atoms with van der Waals surface area (Å²) < 4.78 is 12.0. The van der Waals surface area contributed by atoms with Gasteiger partial charge < -0.3 is 9.05 Å².